The van der Waals surface area contributed by atoms with Crippen LogP contribution in [0.4, 0.5) is 0 Å². The zero-order chi connectivity index (χ0) is 11.9. The van der Waals surface area contributed by atoms with Crippen molar-refractivity contribution in [2.24, 2.45) is 0 Å². The third-order valence-electron chi connectivity index (χ3n) is 3.94. The van der Waals surface area contributed by atoms with Crippen LogP contribution in [-0.4, -0.2) is 36.5 Å². The van der Waals surface area contributed by atoms with Gasteiger partial charge in [0.15, 0.2) is 8.24 Å². The molecule has 1 aliphatic rings. The number of β-lactam (4-membered cyclic amide) rings is 1. The van der Waals surface area contributed by atoms with Gasteiger partial charge in [-0.25, -0.2) is 0 Å². The van der Waals surface area contributed by atoms with E-state index in [1.165, 1.54) is 0 Å². The summed E-state index contributed by atoms with van der Waals surface area (Å²) in [5.74, 6) is 0.278. The number of rotatable bonds is 3. The first kappa shape index (κ1) is 12.7. The standard InChI is InChI=1S/C11H23NO2Si/c1-11(2,3)15(4,5)12-9(6-7-13)8-10(12)14/h9,13H,6-8H2,1-5H3. The van der Waals surface area contributed by atoms with Gasteiger partial charge < -0.3 is 9.67 Å². The van der Waals surface area contributed by atoms with Crippen molar-refractivity contribution >= 4 is 14.1 Å². The van der Waals surface area contributed by atoms with Gasteiger partial charge in [0.25, 0.3) is 0 Å². The van der Waals surface area contributed by atoms with Crippen molar-refractivity contribution in [3.63, 3.8) is 0 Å². The molecule has 0 radical (unpaired) electrons. The number of hydrogen-bond donors (Lipinski definition) is 1. The summed E-state index contributed by atoms with van der Waals surface area (Å²) in [6, 6.07) is 0.295. The van der Waals surface area contributed by atoms with E-state index in [4.69, 9.17) is 5.11 Å². The second kappa shape index (κ2) is 3.90. The van der Waals surface area contributed by atoms with Gasteiger partial charge in [0.05, 0.1) is 0 Å². The summed E-state index contributed by atoms with van der Waals surface area (Å²) in [7, 11) is -1.71. The van der Waals surface area contributed by atoms with Crippen LogP contribution >= 0.6 is 0 Å². The molecule has 0 saturated carbocycles. The third-order valence-corrected chi connectivity index (χ3v) is 9.43. The van der Waals surface area contributed by atoms with E-state index < -0.39 is 8.24 Å². The van der Waals surface area contributed by atoms with E-state index in [1.54, 1.807) is 0 Å². The summed E-state index contributed by atoms with van der Waals surface area (Å²) in [6.45, 7) is 11.3. The average Bonchev–Trinajstić information content (AvgIpc) is 2.00. The Hall–Kier alpha value is -0.353. The van der Waals surface area contributed by atoms with Crippen molar-refractivity contribution in [1.29, 1.82) is 0 Å². The van der Waals surface area contributed by atoms with Gasteiger partial charge >= 0.3 is 0 Å². The van der Waals surface area contributed by atoms with Crippen molar-refractivity contribution in [2.75, 3.05) is 6.61 Å². The summed E-state index contributed by atoms with van der Waals surface area (Å²) < 4.78 is 2.09. The summed E-state index contributed by atoms with van der Waals surface area (Å²) in [5.41, 5.74) is 0. The van der Waals surface area contributed by atoms with Crippen LogP contribution in [0.2, 0.25) is 18.1 Å². The molecule has 88 valence electrons. The molecule has 1 saturated heterocycles. The minimum absolute atomic E-state index is 0.184. The normalized spacial score (nSPS) is 22.9. The molecule has 0 aromatic heterocycles. The van der Waals surface area contributed by atoms with Crippen LogP contribution in [0.5, 0.6) is 0 Å². The number of carbonyl (C=O) groups is 1. The number of amides is 1. The molecular formula is C11H23NO2Si. The molecule has 15 heavy (non-hydrogen) atoms. The van der Waals surface area contributed by atoms with Gasteiger partial charge in [-0.3, -0.25) is 4.79 Å². The van der Waals surface area contributed by atoms with Crippen molar-refractivity contribution in [1.82, 2.24) is 4.57 Å². The lowest BCUT2D eigenvalue weighted by molar-refractivity contribution is -0.139. The van der Waals surface area contributed by atoms with E-state index in [0.717, 1.165) is 6.42 Å². The molecule has 1 rings (SSSR count). The van der Waals surface area contributed by atoms with Gasteiger partial charge in [-0.15, -0.1) is 0 Å². The lowest BCUT2D eigenvalue weighted by Crippen LogP contribution is -2.68. The van der Waals surface area contributed by atoms with E-state index in [0.29, 0.717) is 12.5 Å². The fourth-order valence-electron chi connectivity index (χ4n) is 1.99. The third kappa shape index (κ3) is 2.11. The maximum Gasteiger partial charge on any atom is 0.216 e. The molecule has 1 amide bonds. The van der Waals surface area contributed by atoms with Crippen LogP contribution in [-0.2, 0) is 4.79 Å². The summed E-state index contributed by atoms with van der Waals surface area (Å²) >= 11 is 0. The Kier molecular flexibility index (Phi) is 3.31. The largest absolute Gasteiger partial charge is 0.396 e. The number of aliphatic hydroxyl groups excluding tert-OH is 1. The summed E-state index contributed by atoms with van der Waals surface area (Å²) in [5, 5.41) is 9.14. The van der Waals surface area contributed by atoms with Gasteiger partial charge in [0, 0.05) is 19.1 Å². The molecular weight excluding hydrogens is 206 g/mol. The molecule has 0 aromatic rings. The molecule has 1 fully saturated rings. The highest BCUT2D eigenvalue weighted by Crippen LogP contribution is 2.43. The minimum atomic E-state index is -1.71. The van der Waals surface area contributed by atoms with Crippen molar-refractivity contribution in [3.8, 4) is 0 Å². The molecule has 1 N–H and O–H groups in total. The van der Waals surface area contributed by atoms with E-state index in [1.807, 2.05) is 0 Å². The predicted molar refractivity (Wildman–Crippen MR) is 64.2 cm³/mol. The van der Waals surface area contributed by atoms with Crippen LogP contribution < -0.4 is 0 Å². The quantitative estimate of drug-likeness (QED) is 0.594. The summed E-state index contributed by atoms with van der Waals surface area (Å²) in [6.07, 6.45) is 1.37. The van der Waals surface area contributed by atoms with E-state index in [-0.39, 0.29) is 17.6 Å². The number of nitrogens with zero attached hydrogens (tertiary/aromatic N) is 1. The van der Waals surface area contributed by atoms with Crippen LogP contribution in [0.25, 0.3) is 0 Å². The topological polar surface area (TPSA) is 40.5 Å². The lowest BCUT2D eigenvalue weighted by Gasteiger charge is -2.55. The van der Waals surface area contributed by atoms with Gasteiger partial charge in [-0.05, 0) is 11.5 Å². The molecule has 3 nitrogen and oxygen atoms in total. The zero-order valence-electron chi connectivity index (χ0n) is 10.5. The van der Waals surface area contributed by atoms with Gasteiger partial charge in [-0.1, -0.05) is 33.9 Å². The maximum absolute atomic E-state index is 11.7. The predicted octanol–water partition coefficient (Wildman–Crippen LogP) is 1.97. The average molecular weight is 229 g/mol. The Labute approximate surface area is 93.6 Å². The summed E-state index contributed by atoms with van der Waals surface area (Å²) in [4.78, 5) is 11.7. The molecule has 0 aliphatic carbocycles. The van der Waals surface area contributed by atoms with Crippen LogP contribution in [0.1, 0.15) is 33.6 Å². The highest BCUT2D eigenvalue weighted by Gasteiger charge is 2.51. The first-order chi connectivity index (χ1) is 6.71. The van der Waals surface area contributed by atoms with Crippen LogP contribution in [0.3, 0.4) is 0 Å². The Bertz CT molecular complexity index is 258. The molecule has 1 atom stereocenters. The molecule has 0 spiro atoms. The molecule has 0 aromatic carbocycles. The van der Waals surface area contributed by atoms with Crippen LogP contribution in [0, 0.1) is 0 Å². The lowest BCUT2D eigenvalue weighted by atomic mass is 10.0. The van der Waals surface area contributed by atoms with Gasteiger partial charge in [-0.2, -0.15) is 0 Å². The maximum atomic E-state index is 11.7. The highest BCUT2D eigenvalue weighted by atomic mass is 28.3. The first-order valence-corrected chi connectivity index (χ1v) is 8.59. The van der Waals surface area contributed by atoms with E-state index in [9.17, 15) is 4.79 Å². The smallest absolute Gasteiger partial charge is 0.216 e. The fraction of sp³-hybridized carbons (Fsp3) is 0.909. The number of carbonyl (C=O) groups excluding carboxylic acids is 1. The molecule has 0 bridgehead atoms. The van der Waals surface area contributed by atoms with Gasteiger partial charge in [0.1, 0.15) is 0 Å². The highest BCUT2D eigenvalue weighted by molar-refractivity contribution is 6.79. The van der Waals surface area contributed by atoms with Gasteiger partial charge in [0.2, 0.25) is 5.91 Å². The van der Waals surface area contributed by atoms with Crippen molar-refractivity contribution in [2.45, 2.75) is 57.8 Å². The van der Waals surface area contributed by atoms with E-state index >= 15 is 0 Å². The first-order valence-electron chi connectivity index (χ1n) is 5.65. The number of aliphatic hydroxyl groups is 1. The Morgan fingerprint density at radius 1 is 1.47 bits per heavy atom. The molecule has 1 aliphatic heterocycles. The number of hydrogen-bond acceptors (Lipinski definition) is 2. The second-order valence-corrected chi connectivity index (χ2v) is 11.0. The zero-order valence-corrected chi connectivity index (χ0v) is 11.5. The minimum Gasteiger partial charge on any atom is -0.396 e. The Morgan fingerprint density at radius 2 is 2.00 bits per heavy atom. The fourth-order valence-corrected chi connectivity index (χ4v) is 4.56. The van der Waals surface area contributed by atoms with Crippen molar-refractivity contribution in [3.05, 3.63) is 0 Å². The van der Waals surface area contributed by atoms with Crippen molar-refractivity contribution < 1.29 is 9.90 Å². The second-order valence-electron chi connectivity index (χ2n) is 5.94. The monoisotopic (exact) mass is 229 g/mol. The Balaban J connectivity index is 2.81. The van der Waals surface area contributed by atoms with E-state index in [2.05, 4.69) is 38.4 Å². The molecule has 1 heterocycles. The SMILES string of the molecule is CC(C)(C)[Si](C)(C)N1C(=O)CC1CCO. The molecule has 1 unspecified atom stereocenters. The van der Waals surface area contributed by atoms with Crippen LogP contribution in [0.15, 0.2) is 0 Å². The Morgan fingerprint density at radius 3 is 2.33 bits per heavy atom. The molecule has 4 heteroatoms.